The first-order valence-corrected chi connectivity index (χ1v) is 11.1. The number of primary amides is 1. The van der Waals surface area contributed by atoms with Gasteiger partial charge in [-0.15, -0.1) is 0 Å². The molecule has 1 aliphatic rings. The van der Waals surface area contributed by atoms with Gasteiger partial charge in [-0.3, -0.25) is 4.79 Å². The lowest BCUT2D eigenvalue weighted by Crippen LogP contribution is -2.54. The highest BCUT2D eigenvalue weighted by Crippen LogP contribution is 2.39. The summed E-state index contributed by atoms with van der Waals surface area (Å²) in [4.78, 5) is 20.8. The van der Waals surface area contributed by atoms with Crippen molar-refractivity contribution < 1.29 is 4.79 Å². The Kier molecular flexibility index (Phi) is 6.38. The van der Waals surface area contributed by atoms with Gasteiger partial charge in [0.15, 0.2) is 0 Å². The molecule has 0 spiro atoms. The van der Waals surface area contributed by atoms with Crippen molar-refractivity contribution in [3.63, 3.8) is 0 Å². The molecule has 32 heavy (non-hydrogen) atoms. The molecule has 2 atom stereocenters. The molecule has 1 aromatic heterocycles. The summed E-state index contributed by atoms with van der Waals surface area (Å²) in [6.45, 7) is 3.63. The second-order valence-electron chi connectivity index (χ2n) is 8.82. The third-order valence-electron chi connectivity index (χ3n) is 6.78. The minimum Gasteiger partial charge on any atom is -0.369 e. The van der Waals surface area contributed by atoms with Gasteiger partial charge >= 0.3 is 0 Å². The number of hydrogen-bond donors (Lipinski definition) is 3. The van der Waals surface area contributed by atoms with Crippen LogP contribution in [0, 0.1) is 29.6 Å². The zero-order chi connectivity index (χ0) is 22.6. The van der Waals surface area contributed by atoms with E-state index in [0.29, 0.717) is 24.8 Å². The molecule has 2 unspecified atom stereocenters. The van der Waals surface area contributed by atoms with Gasteiger partial charge < -0.3 is 16.0 Å². The molecule has 0 radical (unpaired) electrons. The van der Waals surface area contributed by atoms with Gasteiger partial charge in [-0.1, -0.05) is 36.4 Å². The molecule has 2 aromatic carbocycles. The number of H-pyrrole nitrogens is 1. The molecule has 6 heteroatoms. The molecule has 0 bridgehead atoms. The molecule has 1 saturated heterocycles. The Labute approximate surface area is 188 Å². The number of nitrogens with two attached hydrogens (primary N) is 1. The van der Waals surface area contributed by atoms with Crippen LogP contribution in [0.5, 0.6) is 0 Å². The van der Waals surface area contributed by atoms with Crippen LogP contribution in [-0.2, 0) is 24.1 Å². The van der Waals surface area contributed by atoms with Gasteiger partial charge in [-0.2, -0.15) is 5.26 Å². The van der Waals surface area contributed by atoms with E-state index < -0.39 is 5.41 Å². The lowest BCUT2D eigenvalue weighted by Gasteiger charge is -2.42. The molecular weight excluding hydrogens is 398 g/mol. The fraction of sp³-hybridized carbons (Fsp3) is 0.346. The summed E-state index contributed by atoms with van der Waals surface area (Å²) in [6.07, 6.45) is 4.63. The maximum Gasteiger partial charge on any atom is 0.224 e. The number of nitrogens with one attached hydrogen (secondary N) is 2. The van der Waals surface area contributed by atoms with Crippen molar-refractivity contribution in [2.75, 3.05) is 13.1 Å². The Morgan fingerprint density at radius 1 is 1.25 bits per heavy atom. The number of hydrogen-bond acceptors (Lipinski definition) is 4. The molecule has 6 nitrogen and oxygen atoms in total. The average molecular weight is 428 g/mol. The molecule has 164 valence electrons. The van der Waals surface area contributed by atoms with Crippen molar-refractivity contribution in [2.45, 2.75) is 32.6 Å². The lowest BCUT2D eigenvalue weighted by molar-refractivity contribution is -0.132. The van der Waals surface area contributed by atoms with Crippen molar-refractivity contribution in [2.24, 2.45) is 17.1 Å². The second-order valence-corrected chi connectivity index (χ2v) is 8.82. The van der Waals surface area contributed by atoms with Crippen LogP contribution in [-0.4, -0.2) is 29.0 Å². The van der Waals surface area contributed by atoms with Crippen LogP contribution in [0.2, 0.25) is 0 Å². The molecular formula is C26H29N5O. The van der Waals surface area contributed by atoms with Gasteiger partial charge in [0.05, 0.1) is 17.0 Å². The number of aryl methyl sites for hydroxylation is 1. The van der Waals surface area contributed by atoms with E-state index >= 15 is 0 Å². The molecule has 3 aromatic rings. The normalized spacial score (nSPS) is 20.6. The highest BCUT2D eigenvalue weighted by Gasteiger charge is 2.46. The Morgan fingerprint density at radius 3 is 2.75 bits per heavy atom. The predicted molar refractivity (Wildman–Crippen MR) is 124 cm³/mol. The highest BCUT2D eigenvalue weighted by molar-refractivity contribution is 5.82. The first kappa shape index (κ1) is 21.8. The van der Waals surface area contributed by atoms with Crippen molar-refractivity contribution in [1.82, 2.24) is 15.3 Å². The average Bonchev–Trinajstić information content (AvgIpc) is 3.24. The first-order valence-electron chi connectivity index (χ1n) is 11.1. The van der Waals surface area contributed by atoms with E-state index in [9.17, 15) is 4.79 Å². The van der Waals surface area contributed by atoms with Crippen LogP contribution in [0.1, 0.15) is 40.2 Å². The van der Waals surface area contributed by atoms with E-state index in [0.717, 1.165) is 36.6 Å². The van der Waals surface area contributed by atoms with Gasteiger partial charge in [0.1, 0.15) is 5.82 Å². The number of aromatic nitrogens is 2. The minimum atomic E-state index is -0.588. The van der Waals surface area contributed by atoms with E-state index in [4.69, 9.17) is 11.0 Å². The van der Waals surface area contributed by atoms with Gasteiger partial charge in [0.25, 0.3) is 0 Å². The molecule has 0 aliphatic carbocycles. The van der Waals surface area contributed by atoms with Crippen LogP contribution in [0.15, 0.2) is 54.7 Å². The van der Waals surface area contributed by atoms with E-state index in [2.05, 4.69) is 40.4 Å². The van der Waals surface area contributed by atoms with Crippen LogP contribution >= 0.6 is 0 Å². The number of carbonyl (C=O) groups excluding carboxylic acids is 1. The number of piperidine rings is 1. The number of rotatable bonds is 7. The zero-order valence-corrected chi connectivity index (χ0v) is 18.4. The van der Waals surface area contributed by atoms with E-state index in [1.165, 1.54) is 11.1 Å². The number of carbonyl (C=O) groups is 1. The third kappa shape index (κ3) is 4.58. The van der Waals surface area contributed by atoms with Crippen LogP contribution in [0.3, 0.4) is 0 Å². The number of nitriles is 1. The summed E-state index contributed by atoms with van der Waals surface area (Å²) in [6, 6.07) is 17.9. The number of nitrogens with zero attached hydrogens (tertiary/aromatic N) is 2. The minimum absolute atomic E-state index is 0.0802. The Balaban J connectivity index is 1.53. The molecule has 1 amide bonds. The highest BCUT2D eigenvalue weighted by atomic mass is 16.1. The van der Waals surface area contributed by atoms with Crippen LogP contribution < -0.4 is 11.1 Å². The number of aromatic amines is 1. The summed E-state index contributed by atoms with van der Waals surface area (Å²) in [5.74, 6) is 0.734. The third-order valence-corrected chi connectivity index (χ3v) is 6.78. The second kappa shape index (κ2) is 9.37. The van der Waals surface area contributed by atoms with Crippen molar-refractivity contribution in [3.8, 4) is 6.07 Å². The largest absolute Gasteiger partial charge is 0.369 e. The number of benzene rings is 2. The summed E-state index contributed by atoms with van der Waals surface area (Å²) >= 11 is 0. The SMILES string of the molecule is Cc1ccccc1CC1(C(N)=O)CCNCC1Cc1cnc(Cc2ccc(C#N)cc2)[nH]1. The molecule has 1 fully saturated rings. The summed E-state index contributed by atoms with van der Waals surface area (Å²) in [5.41, 5.74) is 10.6. The van der Waals surface area contributed by atoms with Crippen LogP contribution in [0.4, 0.5) is 0 Å². The molecule has 4 N–H and O–H groups in total. The molecule has 2 heterocycles. The lowest BCUT2D eigenvalue weighted by atomic mass is 9.65. The number of imidazole rings is 1. The Bertz CT molecular complexity index is 1130. The van der Waals surface area contributed by atoms with Gasteiger partial charge in [0.2, 0.25) is 5.91 Å². The maximum atomic E-state index is 12.8. The monoisotopic (exact) mass is 427 g/mol. The van der Waals surface area contributed by atoms with Gasteiger partial charge in [-0.25, -0.2) is 4.98 Å². The fourth-order valence-corrected chi connectivity index (χ4v) is 4.80. The van der Waals surface area contributed by atoms with Crippen LogP contribution in [0.25, 0.3) is 0 Å². The van der Waals surface area contributed by atoms with E-state index in [1.54, 1.807) is 0 Å². The summed E-state index contributed by atoms with van der Waals surface area (Å²) in [7, 11) is 0. The maximum absolute atomic E-state index is 12.8. The molecule has 0 saturated carbocycles. The first-order chi connectivity index (χ1) is 15.5. The summed E-state index contributed by atoms with van der Waals surface area (Å²) < 4.78 is 0. The summed E-state index contributed by atoms with van der Waals surface area (Å²) in [5, 5.41) is 12.4. The van der Waals surface area contributed by atoms with Crippen molar-refractivity contribution >= 4 is 5.91 Å². The topological polar surface area (TPSA) is 108 Å². The Morgan fingerprint density at radius 2 is 2.03 bits per heavy atom. The number of amides is 1. The Hall–Kier alpha value is -3.43. The van der Waals surface area contributed by atoms with Gasteiger partial charge in [-0.05, 0) is 74.0 Å². The van der Waals surface area contributed by atoms with E-state index in [1.807, 2.05) is 42.6 Å². The quantitative estimate of drug-likeness (QED) is 0.539. The van der Waals surface area contributed by atoms with Crippen molar-refractivity contribution in [3.05, 3.63) is 88.5 Å². The predicted octanol–water partition coefficient (Wildman–Crippen LogP) is 3.05. The van der Waals surface area contributed by atoms with Gasteiger partial charge in [0, 0.05) is 18.3 Å². The zero-order valence-electron chi connectivity index (χ0n) is 18.4. The standard InChI is InChI=1S/C26H29N5O/c1-18-4-2-3-5-21(18)14-26(25(28)32)10-11-29-16-22(26)13-23-17-30-24(31-23)12-19-6-8-20(15-27)9-7-19/h2-9,17,22,29H,10-14,16H2,1H3,(H2,28,32)(H,30,31). The van der Waals surface area contributed by atoms with E-state index in [-0.39, 0.29) is 11.8 Å². The fourth-order valence-electron chi connectivity index (χ4n) is 4.80. The molecule has 1 aliphatic heterocycles. The van der Waals surface area contributed by atoms with Crippen molar-refractivity contribution in [1.29, 1.82) is 5.26 Å². The molecule has 4 rings (SSSR count). The smallest absolute Gasteiger partial charge is 0.224 e.